The average molecular weight is 390 g/mol. The van der Waals surface area contributed by atoms with Gasteiger partial charge in [0.2, 0.25) is 5.13 Å². The molecule has 0 saturated heterocycles. The monoisotopic (exact) mass is 389 g/mol. The number of aryl methyl sites for hydroxylation is 1. The normalized spacial score (nSPS) is 10.4. The van der Waals surface area contributed by atoms with Crippen LogP contribution in [0, 0.1) is 6.92 Å². The molecule has 0 aliphatic carbocycles. The van der Waals surface area contributed by atoms with Gasteiger partial charge in [-0.3, -0.25) is 19.9 Å². The summed E-state index contributed by atoms with van der Waals surface area (Å²) in [6.07, 6.45) is 3.57. The summed E-state index contributed by atoms with van der Waals surface area (Å²) in [5.74, 6) is -0.484. The maximum Gasteiger partial charge on any atom is 0.295 e. The number of aldehydes is 1. The van der Waals surface area contributed by atoms with Gasteiger partial charge in [-0.2, -0.15) is 0 Å². The Bertz CT molecular complexity index is 992. The second kappa shape index (κ2) is 7.54. The van der Waals surface area contributed by atoms with Gasteiger partial charge in [0.25, 0.3) is 11.1 Å². The van der Waals surface area contributed by atoms with Crippen molar-refractivity contribution in [2.24, 2.45) is 0 Å². The molecule has 10 heteroatoms. The van der Waals surface area contributed by atoms with Crippen molar-refractivity contribution in [3.05, 3.63) is 46.5 Å². The second-order valence-electron chi connectivity index (χ2n) is 5.06. The number of nitrogens with one attached hydrogen (secondary N) is 1. The highest BCUT2D eigenvalue weighted by molar-refractivity contribution is 7.17. The first-order chi connectivity index (χ1) is 12.5. The average Bonchev–Trinajstić information content (AvgIpc) is 3.08. The smallest absolute Gasteiger partial charge is 0.295 e. The van der Waals surface area contributed by atoms with Crippen molar-refractivity contribution in [3.63, 3.8) is 0 Å². The number of halogens is 1. The zero-order chi connectivity index (χ0) is 18.7. The van der Waals surface area contributed by atoms with Crippen molar-refractivity contribution >= 4 is 40.3 Å². The van der Waals surface area contributed by atoms with Gasteiger partial charge < -0.3 is 4.74 Å². The van der Waals surface area contributed by atoms with Gasteiger partial charge in [0, 0.05) is 29.2 Å². The second-order valence-corrected chi connectivity index (χ2v) is 6.39. The molecule has 8 nitrogen and oxygen atoms in total. The summed E-state index contributed by atoms with van der Waals surface area (Å²) in [7, 11) is 1.46. The van der Waals surface area contributed by atoms with Crippen LogP contribution >= 0.6 is 22.9 Å². The van der Waals surface area contributed by atoms with Crippen molar-refractivity contribution in [2.75, 3.05) is 12.4 Å². The Morgan fingerprint density at radius 1 is 1.35 bits per heavy atom. The summed E-state index contributed by atoms with van der Waals surface area (Å²) in [5.41, 5.74) is 2.00. The zero-order valence-corrected chi connectivity index (χ0v) is 15.3. The number of methoxy groups -OCH3 is 1. The van der Waals surface area contributed by atoms with Crippen LogP contribution in [0.1, 0.15) is 26.4 Å². The lowest BCUT2D eigenvalue weighted by Crippen LogP contribution is -2.15. The Hall–Kier alpha value is -2.91. The number of ether oxygens (including phenoxy) is 1. The number of carbonyl (C=O) groups excluding carboxylic acids is 2. The molecular formula is C16H12ClN5O3S. The fourth-order valence-corrected chi connectivity index (χ4v) is 3.04. The van der Waals surface area contributed by atoms with Gasteiger partial charge >= 0.3 is 0 Å². The first-order valence-corrected chi connectivity index (χ1v) is 8.48. The number of pyridine rings is 2. The van der Waals surface area contributed by atoms with Crippen LogP contribution in [-0.4, -0.2) is 39.5 Å². The van der Waals surface area contributed by atoms with Crippen molar-refractivity contribution in [1.29, 1.82) is 0 Å². The molecule has 1 N–H and O–H groups in total. The van der Waals surface area contributed by atoms with Crippen LogP contribution < -0.4 is 10.1 Å². The van der Waals surface area contributed by atoms with Gasteiger partial charge in [0.1, 0.15) is 5.15 Å². The number of hydrogen-bond acceptors (Lipinski definition) is 8. The standard InChI is InChI=1S/C16H12ClN5O3S/c1-8-11(7-23)13(9-3-4-18-12(17)5-9)10(6-19-8)14(24)20-15-21-22-16(25-2)26-15/h3-7H,1-2H3,(H,20,21,24). The van der Waals surface area contributed by atoms with E-state index in [1.165, 1.54) is 19.5 Å². The van der Waals surface area contributed by atoms with Crippen LogP contribution in [0.4, 0.5) is 5.13 Å². The molecule has 0 radical (unpaired) electrons. The number of amides is 1. The number of rotatable bonds is 5. The molecule has 0 aliphatic rings. The number of aromatic nitrogens is 4. The van der Waals surface area contributed by atoms with E-state index in [9.17, 15) is 9.59 Å². The van der Waals surface area contributed by atoms with Crippen LogP contribution in [0.5, 0.6) is 5.19 Å². The van der Waals surface area contributed by atoms with Crippen LogP contribution in [-0.2, 0) is 0 Å². The molecule has 0 atom stereocenters. The van der Waals surface area contributed by atoms with Crippen LogP contribution in [0.15, 0.2) is 24.5 Å². The summed E-state index contributed by atoms with van der Waals surface area (Å²) >= 11 is 7.04. The molecule has 26 heavy (non-hydrogen) atoms. The predicted octanol–water partition coefficient (Wildman–Crippen LogP) is 3.03. The molecule has 0 aromatic carbocycles. The lowest BCUT2D eigenvalue weighted by Gasteiger charge is -2.13. The van der Waals surface area contributed by atoms with Gasteiger partial charge in [-0.15, -0.1) is 5.10 Å². The molecule has 3 heterocycles. The van der Waals surface area contributed by atoms with Crippen LogP contribution in [0.3, 0.4) is 0 Å². The number of anilines is 1. The summed E-state index contributed by atoms with van der Waals surface area (Å²) in [5, 5.41) is 11.0. The van der Waals surface area contributed by atoms with Crippen LogP contribution in [0.2, 0.25) is 5.15 Å². The van der Waals surface area contributed by atoms with E-state index < -0.39 is 5.91 Å². The number of nitrogens with zero attached hydrogens (tertiary/aromatic N) is 4. The molecule has 0 spiro atoms. The molecule has 0 unspecified atom stereocenters. The predicted molar refractivity (Wildman–Crippen MR) is 97.0 cm³/mol. The molecule has 132 valence electrons. The molecule has 0 saturated carbocycles. The lowest BCUT2D eigenvalue weighted by molar-refractivity contribution is 0.102. The zero-order valence-electron chi connectivity index (χ0n) is 13.7. The third-order valence-electron chi connectivity index (χ3n) is 3.50. The fraction of sp³-hybridized carbons (Fsp3) is 0.125. The van der Waals surface area contributed by atoms with Crippen molar-refractivity contribution in [1.82, 2.24) is 20.2 Å². The minimum atomic E-state index is -0.484. The third kappa shape index (κ3) is 3.53. The van der Waals surface area contributed by atoms with Gasteiger partial charge in [0.15, 0.2) is 6.29 Å². The van der Waals surface area contributed by atoms with E-state index in [0.717, 1.165) is 11.3 Å². The van der Waals surface area contributed by atoms with Gasteiger partial charge in [-0.25, -0.2) is 4.98 Å². The fourth-order valence-electron chi connectivity index (χ4n) is 2.31. The highest BCUT2D eigenvalue weighted by atomic mass is 35.5. The summed E-state index contributed by atoms with van der Waals surface area (Å²) in [6, 6.07) is 3.24. The molecule has 3 rings (SSSR count). The minimum absolute atomic E-state index is 0.203. The van der Waals surface area contributed by atoms with E-state index in [0.29, 0.717) is 33.9 Å². The molecule has 0 bridgehead atoms. The summed E-state index contributed by atoms with van der Waals surface area (Å²) < 4.78 is 4.95. The van der Waals surface area contributed by atoms with E-state index in [2.05, 4.69) is 25.5 Å². The quantitative estimate of drug-likeness (QED) is 0.527. The van der Waals surface area contributed by atoms with Crippen LogP contribution in [0.25, 0.3) is 11.1 Å². The molecule has 3 aromatic rings. The Balaban J connectivity index is 2.08. The van der Waals surface area contributed by atoms with Crippen molar-refractivity contribution < 1.29 is 14.3 Å². The first kappa shape index (κ1) is 17.9. The lowest BCUT2D eigenvalue weighted by atomic mass is 9.95. The largest absolute Gasteiger partial charge is 0.472 e. The summed E-state index contributed by atoms with van der Waals surface area (Å²) in [4.78, 5) is 32.4. The van der Waals surface area contributed by atoms with E-state index in [-0.39, 0.29) is 15.8 Å². The van der Waals surface area contributed by atoms with Crippen molar-refractivity contribution in [3.8, 4) is 16.3 Å². The maximum atomic E-state index is 12.8. The van der Waals surface area contributed by atoms with Gasteiger partial charge in [-0.05, 0) is 36.0 Å². The SMILES string of the molecule is COc1nnc(NC(=O)c2cnc(C)c(C=O)c2-c2ccnc(Cl)c2)s1. The van der Waals surface area contributed by atoms with E-state index in [1.807, 2.05) is 0 Å². The Kier molecular flexibility index (Phi) is 5.19. The Labute approximate surface area is 157 Å². The van der Waals surface area contributed by atoms with E-state index in [4.69, 9.17) is 16.3 Å². The van der Waals surface area contributed by atoms with Gasteiger partial charge in [-0.1, -0.05) is 16.7 Å². The topological polar surface area (TPSA) is 107 Å². The highest BCUT2D eigenvalue weighted by Crippen LogP contribution is 2.30. The molecule has 1 amide bonds. The van der Waals surface area contributed by atoms with Crippen molar-refractivity contribution in [2.45, 2.75) is 6.92 Å². The van der Waals surface area contributed by atoms with E-state index >= 15 is 0 Å². The first-order valence-electron chi connectivity index (χ1n) is 7.29. The molecular weight excluding hydrogens is 378 g/mol. The van der Waals surface area contributed by atoms with E-state index in [1.54, 1.807) is 19.1 Å². The Morgan fingerprint density at radius 3 is 2.81 bits per heavy atom. The molecule has 0 aliphatic heterocycles. The summed E-state index contributed by atoms with van der Waals surface area (Å²) in [6.45, 7) is 1.69. The Morgan fingerprint density at radius 2 is 2.15 bits per heavy atom. The number of carbonyl (C=O) groups is 2. The molecule has 3 aromatic heterocycles. The minimum Gasteiger partial charge on any atom is -0.472 e. The number of hydrogen-bond donors (Lipinski definition) is 1. The molecule has 0 fully saturated rings. The van der Waals surface area contributed by atoms with Gasteiger partial charge in [0.05, 0.1) is 12.7 Å². The highest BCUT2D eigenvalue weighted by Gasteiger charge is 2.21. The maximum absolute atomic E-state index is 12.8. The third-order valence-corrected chi connectivity index (χ3v) is 4.50.